The van der Waals surface area contributed by atoms with Crippen LogP contribution < -0.4 is 9.64 Å². The summed E-state index contributed by atoms with van der Waals surface area (Å²) in [5, 5.41) is 0. The predicted octanol–water partition coefficient (Wildman–Crippen LogP) is 6.52. The van der Waals surface area contributed by atoms with E-state index in [4.69, 9.17) is 4.74 Å². The second-order valence-electron chi connectivity index (χ2n) is 6.95. The van der Waals surface area contributed by atoms with Crippen LogP contribution in [0, 0.1) is 0 Å². The van der Waals surface area contributed by atoms with E-state index in [-0.39, 0.29) is 0 Å². The van der Waals surface area contributed by atoms with E-state index in [0.29, 0.717) is 6.61 Å². The molecule has 0 heterocycles. The SMILES string of the molecule is CCOc1ccc(C(=C(CC)c2ccccc2)c2ccccc2)c(N(C)C)c1. The first kappa shape index (κ1) is 19.8. The maximum Gasteiger partial charge on any atom is 0.121 e. The second-order valence-corrected chi connectivity index (χ2v) is 6.95. The fourth-order valence-corrected chi connectivity index (χ4v) is 3.61. The Morgan fingerprint density at radius 1 is 0.786 bits per heavy atom. The quantitative estimate of drug-likeness (QED) is 0.438. The minimum Gasteiger partial charge on any atom is -0.494 e. The monoisotopic (exact) mass is 371 g/mol. The van der Waals surface area contributed by atoms with Gasteiger partial charge in [-0.1, -0.05) is 67.6 Å². The van der Waals surface area contributed by atoms with E-state index >= 15 is 0 Å². The summed E-state index contributed by atoms with van der Waals surface area (Å²) in [6, 6.07) is 27.8. The zero-order chi connectivity index (χ0) is 19.9. The number of ether oxygens (including phenoxy) is 1. The van der Waals surface area contributed by atoms with Crippen LogP contribution in [0.1, 0.15) is 37.0 Å². The van der Waals surface area contributed by atoms with Crippen LogP contribution in [0.5, 0.6) is 5.75 Å². The maximum atomic E-state index is 5.77. The molecule has 0 saturated heterocycles. The summed E-state index contributed by atoms with van der Waals surface area (Å²) in [6.07, 6.45) is 0.953. The smallest absolute Gasteiger partial charge is 0.121 e. The van der Waals surface area contributed by atoms with Gasteiger partial charge in [-0.2, -0.15) is 0 Å². The zero-order valence-corrected chi connectivity index (χ0v) is 17.3. The number of allylic oxidation sites excluding steroid dienone is 1. The van der Waals surface area contributed by atoms with Crippen LogP contribution in [0.4, 0.5) is 5.69 Å². The topological polar surface area (TPSA) is 12.5 Å². The van der Waals surface area contributed by atoms with Gasteiger partial charge in [0.25, 0.3) is 0 Å². The molecule has 0 aromatic heterocycles. The average molecular weight is 372 g/mol. The molecular formula is C26H29NO. The lowest BCUT2D eigenvalue weighted by molar-refractivity contribution is 0.340. The van der Waals surface area contributed by atoms with Crippen molar-refractivity contribution in [3.8, 4) is 5.75 Å². The molecule has 3 rings (SSSR count). The summed E-state index contributed by atoms with van der Waals surface area (Å²) in [4.78, 5) is 2.17. The van der Waals surface area contributed by atoms with Gasteiger partial charge in [0.05, 0.1) is 6.61 Å². The molecule has 0 spiro atoms. The Morgan fingerprint density at radius 2 is 1.39 bits per heavy atom. The number of nitrogens with zero attached hydrogens (tertiary/aromatic N) is 1. The van der Waals surface area contributed by atoms with Crippen LogP contribution in [-0.2, 0) is 0 Å². The van der Waals surface area contributed by atoms with E-state index in [1.807, 2.05) is 6.92 Å². The first-order valence-electron chi connectivity index (χ1n) is 9.94. The van der Waals surface area contributed by atoms with Crippen molar-refractivity contribution >= 4 is 16.8 Å². The Balaban J connectivity index is 2.31. The third kappa shape index (κ3) is 4.28. The van der Waals surface area contributed by atoms with Crippen molar-refractivity contribution in [3.63, 3.8) is 0 Å². The summed E-state index contributed by atoms with van der Waals surface area (Å²) < 4.78 is 5.77. The number of benzene rings is 3. The van der Waals surface area contributed by atoms with E-state index in [1.54, 1.807) is 0 Å². The van der Waals surface area contributed by atoms with Crippen molar-refractivity contribution in [1.82, 2.24) is 0 Å². The fraction of sp³-hybridized carbons (Fsp3) is 0.231. The third-order valence-corrected chi connectivity index (χ3v) is 4.87. The van der Waals surface area contributed by atoms with E-state index < -0.39 is 0 Å². The van der Waals surface area contributed by atoms with E-state index in [1.165, 1.54) is 27.8 Å². The van der Waals surface area contributed by atoms with Gasteiger partial charge in [0, 0.05) is 31.4 Å². The van der Waals surface area contributed by atoms with Crippen LogP contribution >= 0.6 is 0 Å². The molecule has 0 amide bonds. The maximum absolute atomic E-state index is 5.77. The highest BCUT2D eigenvalue weighted by Gasteiger charge is 2.17. The summed E-state index contributed by atoms with van der Waals surface area (Å²) in [7, 11) is 4.18. The Labute approximate surface area is 169 Å². The average Bonchev–Trinajstić information content (AvgIpc) is 2.73. The molecule has 0 atom stereocenters. The molecule has 0 radical (unpaired) electrons. The third-order valence-electron chi connectivity index (χ3n) is 4.87. The van der Waals surface area contributed by atoms with Gasteiger partial charge in [0.15, 0.2) is 0 Å². The van der Waals surface area contributed by atoms with Crippen LogP contribution in [0.2, 0.25) is 0 Å². The summed E-state index contributed by atoms with van der Waals surface area (Å²) in [5.74, 6) is 0.903. The van der Waals surface area contributed by atoms with Gasteiger partial charge in [0.2, 0.25) is 0 Å². The van der Waals surface area contributed by atoms with Gasteiger partial charge in [0.1, 0.15) is 5.75 Å². The van der Waals surface area contributed by atoms with E-state index in [9.17, 15) is 0 Å². The lowest BCUT2D eigenvalue weighted by atomic mass is 9.87. The highest BCUT2D eigenvalue weighted by molar-refractivity contribution is 6.01. The number of hydrogen-bond donors (Lipinski definition) is 0. The minimum absolute atomic E-state index is 0.665. The molecule has 0 aliphatic carbocycles. The van der Waals surface area contributed by atoms with Gasteiger partial charge in [-0.25, -0.2) is 0 Å². The molecule has 0 aliphatic rings. The normalized spacial score (nSPS) is 11.7. The van der Waals surface area contributed by atoms with E-state index in [2.05, 4.69) is 105 Å². The molecule has 28 heavy (non-hydrogen) atoms. The van der Waals surface area contributed by atoms with Gasteiger partial charge >= 0.3 is 0 Å². The Hall–Kier alpha value is -3.00. The van der Waals surface area contributed by atoms with Crippen molar-refractivity contribution in [1.29, 1.82) is 0 Å². The standard InChI is InChI=1S/C26H29NO/c1-5-23(20-13-9-7-10-14-20)26(21-15-11-8-12-16-21)24-18-17-22(28-6-2)19-25(24)27(3)4/h7-19H,5-6H2,1-4H3. The molecule has 2 heteroatoms. The first-order chi connectivity index (χ1) is 13.7. The molecular weight excluding hydrogens is 342 g/mol. The molecule has 0 saturated carbocycles. The molecule has 2 nitrogen and oxygen atoms in total. The summed E-state index contributed by atoms with van der Waals surface area (Å²) in [5.41, 5.74) is 7.50. The van der Waals surface area contributed by atoms with Gasteiger partial charge in [-0.15, -0.1) is 0 Å². The molecule has 0 aliphatic heterocycles. The van der Waals surface area contributed by atoms with Crippen molar-refractivity contribution in [3.05, 3.63) is 95.6 Å². The number of anilines is 1. The Bertz CT molecular complexity index is 927. The van der Waals surface area contributed by atoms with Crippen molar-refractivity contribution in [2.45, 2.75) is 20.3 Å². The Morgan fingerprint density at radius 3 is 1.93 bits per heavy atom. The largest absolute Gasteiger partial charge is 0.494 e. The molecule has 3 aromatic rings. The van der Waals surface area contributed by atoms with Gasteiger partial charge < -0.3 is 9.64 Å². The molecule has 0 N–H and O–H groups in total. The van der Waals surface area contributed by atoms with Crippen LogP contribution in [-0.4, -0.2) is 20.7 Å². The molecule has 0 bridgehead atoms. The molecule has 0 unspecified atom stereocenters. The highest BCUT2D eigenvalue weighted by Crippen LogP contribution is 2.39. The van der Waals surface area contributed by atoms with Gasteiger partial charge in [-0.3, -0.25) is 0 Å². The number of hydrogen-bond acceptors (Lipinski definition) is 2. The Kier molecular flexibility index (Phi) is 6.54. The van der Waals surface area contributed by atoms with Crippen LogP contribution in [0.25, 0.3) is 11.1 Å². The fourth-order valence-electron chi connectivity index (χ4n) is 3.61. The predicted molar refractivity (Wildman–Crippen MR) is 121 cm³/mol. The van der Waals surface area contributed by atoms with Crippen LogP contribution in [0.3, 0.4) is 0 Å². The van der Waals surface area contributed by atoms with Crippen LogP contribution in [0.15, 0.2) is 78.9 Å². The van der Waals surface area contributed by atoms with Gasteiger partial charge in [-0.05, 0) is 47.8 Å². The first-order valence-corrected chi connectivity index (χ1v) is 9.94. The van der Waals surface area contributed by atoms with Crippen molar-refractivity contribution < 1.29 is 4.74 Å². The summed E-state index contributed by atoms with van der Waals surface area (Å²) >= 11 is 0. The molecule has 144 valence electrons. The zero-order valence-electron chi connectivity index (χ0n) is 17.3. The molecule has 0 fully saturated rings. The molecule has 3 aromatic carbocycles. The number of rotatable bonds is 7. The lowest BCUT2D eigenvalue weighted by Gasteiger charge is -2.23. The van der Waals surface area contributed by atoms with Crippen molar-refractivity contribution in [2.75, 3.05) is 25.6 Å². The minimum atomic E-state index is 0.665. The van der Waals surface area contributed by atoms with Crippen molar-refractivity contribution in [2.24, 2.45) is 0 Å². The van der Waals surface area contributed by atoms with E-state index in [0.717, 1.165) is 17.9 Å². The highest BCUT2D eigenvalue weighted by atomic mass is 16.5. The lowest BCUT2D eigenvalue weighted by Crippen LogP contribution is -2.12. The summed E-state index contributed by atoms with van der Waals surface area (Å²) in [6.45, 7) is 4.91. The second kappa shape index (κ2) is 9.27.